The summed E-state index contributed by atoms with van der Waals surface area (Å²) in [5, 5.41) is 13.1. The number of benzene rings is 1. The second-order valence-electron chi connectivity index (χ2n) is 4.32. The largest absolute Gasteiger partial charge is 0.308 e. The summed E-state index contributed by atoms with van der Waals surface area (Å²) in [5.74, 6) is 0. The molecule has 1 aromatic rings. The maximum Gasteiger partial charge on any atom is 0.121 e. The van der Waals surface area contributed by atoms with Gasteiger partial charge in [-0.3, -0.25) is 5.32 Å². The number of hydrogen-bond donors (Lipinski definition) is 1. The van der Waals surface area contributed by atoms with Crippen molar-refractivity contribution in [2.24, 2.45) is 0 Å². The standard InChI is InChI=1S/C13H18ClN3/c1-10-8-11(14)4-5-12(10)13(9-15)16-6-7-17(2)3/h4-5,8,13,16H,6-7H2,1-3H3. The molecule has 0 aliphatic heterocycles. The molecule has 1 N–H and O–H groups in total. The van der Waals surface area contributed by atoms with Gasteiger partial charge in [0.25, 0.3) is 0 Å². The highest BCUT2D eigenvalue weighted by Crippen LogP contribution is 2.20. The van der Waals surface area contributed by atoms with Crippen molar-refractivity contribution in [1.82, 2.24) is 10.2 Å². The van der Waals surface area contributed by atoms with Crippen LogP contribution in [0.3, 0.4) is 0 Å². The van der Waals surface area contributed by atoms with E-state index in [0.29, 0.717) is 5.02 Å². The van der Waals surface area contributed by atoms with Gasteiger partial charge >= 0.3 is 0 Å². The minimum Gasteiger partial charge on any atom is -0.308 e. The van der Waals surface area contributed by atoms with E-state index in [4.69, 9.17) is 11.6 Å². The highest BCUT2D eigenvalue weighted by atomic mass is 35.5. The molecule has 0 fully saturated rings. The lowest BCUT2D eigenvalue weighted by atomic mass is 10.0. The molecular weight excluding hydrogens is 234 g/mol. The first-order valence-corrected chi connectivity index (χ1v) is 5.96. The SMILES string of the molecule is Cc1cc(Cl)ccc1C(C#N)NCCN(C)C. The van der Waals surface area contributed by atoms with Crippen molar-refractivity contribution >= 4 is 11.6 Å². The third-order valence-corrected chi connectivity index (χ3v) is 2.81. The Morgan fingerprint density at radius 1 is 1.47 bits per heavy atom. The number of nitriles is 1. The zero-order valence-electron chi connectivity index (χ0n) is 10.5. The Labute approximate surface area is 108 Å². The first-order chi connectivity index (χ1) is 8.04. The van der Waals surface area contributed by atoms with E-state index in [1.54, 1.807) is 0 Å². The molecule has 0 saturated heterocycles. The number of nitrogens with one attached hydrogen (secondary N) is 1. The van der Waals surface area contributed by atoms with Gasteiger partial charge in [-0.05, 0) is 44.3 Å². The highest BCUT2D eigenvalue weighted by molar-refractivity contribution is 6.30. The summed E-state index contributed by atoms with van der Waals surface area (Å²) >= 11 is 5.90. The number of hydrogen-bond acceptors (Lipinski definition) is 3. The van der Waals surface area contributed by atoms with Crippen LogP contribution in [-0.2, 0) is 0 Å². The predicted molar refractivity (Wildman–Crippen MR) is 71.1 cm³/mol. The number of nitrogens with zero attached hydrogens (tertiary/aromatic N) is 2. The first kappa shape index (κ1) is 14.0. The summed E-state index contributed by atoms with van der Waals surface area (Å²) in [4.78, 5) is 2.08. The topological polar surface area (TPSA) is 39.1 Å². The van der Waals surface area contributed by atoms with Gasteiger partial charge in [-0.2, -0.15) is 5.26 Å². The van der Waals surface area contributed by atoms with E-state index in [0.717, 1.165) is 24.2 Å². The molecule has 0 radical (unpaired) electrons. The Bertz CT molecular complexity index is 410. The van der Waals surface area contributed by atoms with Crippen LogP contribution in [0, 0.1) is 18.3 Å². The number of halogens is 1. The zero-order chi connectivity index (χ0) is 12.8. The minimum absolute atomic E-state index is 0.271. The van der Waals surface area contributed by atoms with Crippen LogP contribution in [0.2, 0.25) is 5.02 Å². The third-order valence-electron chi connectivity index (χ3n) is 2.58. The van der Waals surface area contributed by atoms with Crippen LogP contribution in [-0.4, -0.2) is 32.1 Å². The number of rotatable bonds is 5. The molecule has 1 unspecified atom stereocenters. The molecule has 0 heterocycles. The van der Waals surface area contributed by atoms with Crippen LogP contribution in [0.25, 0.3) is 0 Å². The van der Waals surface area contributed by atoms with Crippen LogP contribution >= 0.6 is 11.6 Å². The molecule has 0 aliphatic rings. The number of likely N-dealkylation sites (N-methyl/N-ethyl adjacent to an activating group) is 1. The molecule has 17 heavy (non-hydrogen) atoms. The maximum absolute atomic E-state index is 9.18. The quantitative estimate of drug-likeness (QED) is 0.873. The first-order valence-electron chi connectivity index (χ1n) is 5.58. The van der Waals surface area contributed by atoms with Crippen molar-refractivity contribution in [2.45, 2.75) is 13.0 Å². The van der Waals surface area contributed by atoms with Gasteiger partial charge in [0, 0.05) is 18.1 Å². The Balaban J connectivity index is 2.70. The number of aryl methyl sites for hydroxylation is 1. The normalized spacial score (nSPS) is 12.5. The lowest BCUT2D eigenvalue weighted by Crippen LogP contribution is -2.29. The molecule has 0 bridgehead atoms. The average molecular weight is 252 g/mol. The van der Waals surface area contributed by atoms with Crippen LogP contribution in [0.1, 0.15) is 17.2 Å². The molecular formula is C13H18ClN3. The Morgan fingerprint density at radius 3 is 2.71 bits per heavy atom. The van der Waals surface area contributed by atoms with Crippen LogP contribution < -0.4 is 5.32 Å². The zero-order valence-corrected chi connectivity index (χ0v) is 11.3. The molecule has 1 atom stereocenters. The molecule has 0 spiro atoms. The summed E-state index contributed by atoms with van der Waals surface area (Å²) in [6.07, 6.45) is 0. The molecule has 92 valence electrons. The molecule has 0 aliphatic carbocycles. The van der Waals surface area contributed by atoms with Gasteiger partial charge in [-0.25, -0.2) is 0 Å². The Morgan fingerprint density at radius 2 is 2.18 bits per heavy atom. The van der Waals surface area contributed by atoms with E-state index in [-0.39, 0.29) is 6.04 Å². The van der Waals surface area contributed by atoms with Crippen LogP contribution in [0.15, 0.2) is 18.2 Å². The fourth-order valence-corrected chi connectivity index (χ4v) is 1.85. The highest BCUT2D eigenvalue weighted by Gasteiger charge is 2.12. The van der Waals surface area contributed by atoms with Gasteiger partial charge in [0.15, 0.2) is 0 Å². The second kappa shape index (κ2) is 6.61. The lowest BCUT2D eigenvalue weighted by molar-refractivity contribution is 0.395. The molecule has 4 heteroatoms. The molecule has 1 aromatic carbocycles. The van der Waals surface area contributed by atoms with Gasteiger partial charge in [0.2, 0.25) is 0 Å². The summed E-state index contributed by atoms with van der Waals surface area (Å²) < 4.78 is 0. The van der Waals surface area contributed by atoms with E-state index >= 15 is 0 Å². The molecule has 3 nitrogen and oxygen atoms in total. The van der Waals surface area contributed by atoms with E-state index in [9.17, 15) is 5.26 Å². The van der Waals surface area contributed by atoms with Crippen LogP contribution in [0.4, 0.5) is 0 Å². The maximum atomic E-state index is 9.18. The summed E-state index contributed by atoms with van der Waals surface area (Å²) in [5.41, 5.74) is 2.04. The monoisotopic (exact) mass is 251 g/mol. The van der Waals surface area contributed by atoms with Gasteiger partial charge < -0.3 is 4.90 Å². The molecule has 0 saturated carbocycles. The van der Waals surface area contributed by atoms with Crippen LogP contribution in [0.5, 0.6) is 0 Å². The third kappa shape index (κ3) is 4.35. The summed E-state index contributed by atoms with van der Waals surface area (Å²) in [7, 11) is 4.02. The average Bonchev–Trinajstić information content (AvgIpc) is 2.25. The van der Waals surface area contributed by atoms with Crippen molar-refractivity contribution in [2.75, 3.05) is 27.2 Å². The van der Waals surface area contributed by atoms with E-state index < -0.39 is 0 Å². The van der Waals surface area contributed by atoms with Gasteiger partial charge in [0.05, 0.1) is 6.07 Å². The summed E-state index contributed by atoms with van der Waals surface area (Å²) in [6, 6.07) is 7.62. The molecule has 0 amide bonds. The van der Waals surface area contributed by atoms with Gasteiger partial charge in [-0.15, -0.1) is 0 Å². The van der Waals surface area contributed by atoms with Crippen molar-refractivity contribution in [1.29, 1.82) is 5.26 Å². The van der Waals surface area contributed by atoms with Crippen molar-refractivity contribution in [3.8, 4) is 6.07 Å². The second-order valence-corrected chi connectivity index (χ2v) is 4.76. The Kier molecular flexibility index (Phi) is 5.43. The molecule has 1 rings (SSSR count). The summed E-state index contributed by atoms with van der Waals surface area (Å²) in [6.45, 7) is 3.66. The van der Waals surface area contributed by atoms with Crippen molar-refractivity contribution in [3.63, 3.8) is 0 Å². The van der Waals surface area contributed by atoms with E-state index in [1.165, 1.54) is 0 Å². The fourth-order valence-electron chi connectivity index (χ4n) is 1.62. The van der Waals surface area contributed by atoms with Gasteiger partial charge in [-0.1, -0.05) is 17.7 Å². The van der Waals surface area contributed by atoms with E-state index in [1.807, 2.05) is 39.2 Å². The van der Waals surface area contributed by atoms with E-state index in [2.05, 4.69) is 16.3 Å². The minimum atomic E-state index is -0.271. The predicted octanol–water partition coefficient (Wildman–Crippen LogP) is 2.36. The molecule has 0 aromatic heterocycles. The van der Waals surface area contributed by atoms with Gasteiger partial charge in [0.1, 0.15) is 6.04 Å². The lowest BCUT2D eigenvalue weighted by Gasteiger charge is -2.16. The Hall–Kier alpha value is -1.08. The van der Waals surface area contributed by atoms with Crippen molar-refractivity contribution < 1.29 is 0 Å². The van der Waals surface area contributed by atoms with Crippen molar-refractivity contribution in [3.05, 3.63) is 34.3 Å². The fraction of sp³-hybridized carbons (Fsp3) is 0.462. The smallest absolute Gasteiger partial charge is 0.121 e.